The summed E-state index contributed by atoms with van der Waals surface area (Å²) in [6.07, 6.45) is 0.684. The summed E-state index contributed by atoms with van der Waals surface area (Å²) in [5, 5.41) is 12.1. The van der Waals surface area contributed by atoms with Crippen LogP contribution in [0.2, 0.25) is 0 Å². The molecule has 170 valence electrons. The van der Waals surface area contributed by atoms with Crippen molar-refractivity contribution in [1.82, 2.24) is 14.5 Å². The first kappa shape index (κ1) is 22.3. The van der Waals surface area contributed by atoms with Crippen molar-refractivity contribution in [3.05, 3.63) is 90.7 Å². The monoisotopic (exact) mass is 444 g/mol. The minimum absolute atomic E-state index is 0.000488. The third kappa shape index (κ3) is 3.91. The summed E-state index contributed by atoms with van der Waals surface area (Å²) in [6.45, 7) is 10.2. The Morgan fingerprint density at radius 1 is 0.970 bits per heavy atom. The molecule has 2 aromatic carbocycles. The van der Waals surface area contributed by atoms with E-state index in [1.807, 2.05) is 19.1 Å². The molecule has 2 aromatic heterocycles. The Kier molecular flexibility index (Phi) is 5.80. The molecule has 0 aliphatic heterocycles. The zero-order valence-electron chi connectivity index (χ0n) is 19.5. The van der Waals surface area contributed by atoms with Crippen molar-refractivity contribution in [2.24, 2.45) is 4.99 Å². The first-order valence-electron chi connectivity index (χ1n) is 10.9. The predicted octanol–water partition coefficient (Wildman–Crippen LogP) is 4.00. The average molecular weight is 445 g/mol. The standard InChI is InChI=1S/C26H28N4O3/c1-14-8-6-7-9-20(14)30-25(32)22(24(31)29-26(30)33)18(5)27-13-12-19-17(4)28-23-16(3)11-10-15(2)21(19)23/h6-11,28,32H,12-13H2,1-5H3,(H,29,31,33). The molecule has 3 N–H and O–H groups in total. The van der Waals surface area contributed by atoms with Crippen molar-refractivity contribution in [2.75, 3.05) is 6.54 Å². The fourth-order valence-corrected chi connectivity index (χ4v) is 4.43. The number of aromatic nitrogens is 3. The molecule has 33 heavy (non-hydrogen) atoms. The number of aliphatic imine (C=N–C) groups is 1. The number of para-hydroxylation sites is 1. The second-order valence-electron chi connectivity index (χ2n) is 8.47. The highest BCUT2D eigenvalue weighted by Gasteiger charge is 2.19. The van der Waals surface area contributed by atoms with Gasteiger partial charge in [-0.05, 0) is 69.4 Å². The van der Waals surface area contributed by atoms with Gasteiger partial charge in [0.2, 0.25) is 5.88 Å². The molecule has 0 radical (unpaired) electrons. The van der Waals surface area contributed by atoms with Crippen LogP contribution >= 0.6 is 0 Å². The maximum atomic E-state index is 12.6. The summed E-state index contributed by atoms with van der Waals surface area (Å²) in [5.41, 5.74) is 6.17. The first-order valence-corrected chi connectivity index (χ1v) is 10.9. The molecule has 7 nitrogen and oxygen atoms in total. The molecule has 7 heteroatoms. The molecule has 0 amide bonds. The second-order valence-corrected chi connectivity index (χ2v) is 8.47. The van der Waals surface area contributed by atoms with Crippen LogP contribution in [-0.4, -0.2) is 31.9 Å². The van der Waals surface area contributed by atoms with Gasteiger partial charge in [0.1, 0.15) is 5.56 Å². The van der Waals surface area contributed by atoms with Gasteiger partial charge in [0.15, 0.2) is 0 Å². The summed E-state index contributed by atoms with van der Waals surface area (Å²) >= 11 is 0. The van der Waals surface area contributed by atoms with Crippen molar-refractivity contribution in [3.63, 3.8) is 0 Å². The smallest absolute Gasteiger partial charge is 0.335 e. The van der Waals surface area contributed by atoms with E-state index in [1.165, 1.54) is 22.1 Å². The number of H-pyrrole nitrogens is 2. The van der Waals surface area contributed by atoms with E-state index in [0.717, 1.165) is 21.3 Å². The number of nitrogens with one attached hydrogen (secondary N) is 2. The summed E-state index contributed by atoms with van der Waals surface area (Å²) in [6, 6.07) is 11.4. The van der Waals surface area contributed by atoms with Crippen molar-refractivity contribution in [2.45, 2.75) is 41.0 Å². The van der Waals surface area contributed by atoms with Crippen LogP contribution in [0.4, 0.5) is 0 Å². The van der Waals surface area contributed by atoms with E-state index in [9.17, 15) is 14.7 Å². The molecule has 0 aliphatic rings. The zero-order valence-corrected chi connectivity index (χ0v) is 19.5. The lowest BCUT2D eigenvalue weighted by atomic mass is 10.0. The van der Waals surface area contributed by atoms with E-state index in [1.54, 1.807) is 19.1 Å². The topological polar surface area (TPSA) is 103 Å². The van der Waals surface area contributed by atoms with E-state index in [-0.39, 0.29) is 5.56 Å². The Morgan fingerprint density at radius 3 is 2.39 bits per heavy atom. The Balaban J connectivity index is 1.71. The summed E-state index contributed by atoms with van der Waals surface area (Å²) < 4.78 is 1.11. The third-order valence-electron chi connectivity index (χ3n) is 6.20. The fraction of sp³-hybridized carbons (Fsp3) is 0.269. The van der Waals surface area contributed by atoms with Gasteiger partial charge in [-0.15, -0.1) is 0 Å². The molecular formula is C26H28N4O3. The number of aromatic hydroxyl groups is 1. The van der Waals surface area contributed by atoms with E-state index in [2.05, 4.69) is 47.9 Å². The number of benzene rings is 2. The molecule has 4 aromatic rings. The Morgan fingerprint density at radius 2 is 1.67 bits per heavy atom. The fourth-order valence-electron chi connectivity index (χ4n) is 4.43. The van der Waals surface area contributed by atoms with Gasteiger partial charge in [0.25, 0.3) is 5.56 Å². The lowest BCUT2D eigenvalue weighted by Gasteiger charge is -2.13. The van der Waals surface area contributed by atoms with E-state index in [4.69, 9.17) is 0 Å². The quantitative estimate of drug-likeness (QED) is 0.405. The molecule has 0 unspecified atom stereocenters. The highest BCUT2D eigenvalue weighted by Crippen LogP contribution is 2.28. The minimum Gasteiger partial charge on any atom is -0.493 e. The summed E-state index contributed by atoms with van der Waals surface area (Å²) in [7, 11) is 0. The number of fused-ring (bicyclic) bond motifs is 1. The van der Waals surface area contributed by atoms with Crippen molar-refractivity contribution in [3.8, 4) is 11.6 Å². The molecule has 4 rings (SSSR count). The van der Waals surface area contributed by atoms with Gasteiger partial charge in [0, 0.05) is 28.9 Å². The predicted molar refractivity (Wildman–Crippen MR) is 132 cm³/mol. The van der Waals surface area contributed by atoms with Gasteiger partial charge >= 0.3 is 5.69 Å². The van der Waals surface area contributed by atoms with Crippen molar-refractivity contribution < 1.29 is 5.11 Å². The largest absolute Gasteiger partial charge is 0.493 e. The lowest BCUT2D eigenvalue weighted by Crippen LogP contribution is -2.33. The molecular weight excluding hydrogens is 416 g/mol. The van der Waals surface area contributed by atoms with Crippen LogP contribution in [0.1, 0.15) is 40.4 Å². The van der Waals surface area contributed by atoms with Crippen LogP contribution in [0.15, 0.2) is 51.0 Å². The SMILES string of the molecule is CC(=NCCc1c(C)[nH]c2c(C)ccc(C)c12)c1c(O)n(-c2ccccc2C)c(=O)[nH]c1=O. The van der Waals surface area contributed by atoms with Gasteiger partial charge in [-0.1, -0.05) is 30.3 Å². The second kappa shape index (κ2) is 8.58. The number of aryl methyl sites for hydroxylation is 4. The number of rotatable bonds is 5. The van der Waals surface area contributed by atoms with Crippen LogP contribution in [0, 0.1) is 27.7 Å². The van der Waals surface area contributed by atoms with Crippen molar-refractivity contribution in [1.29, 1.82) is 0 Å². The van der Waals surface area contributed by atoms with Gasteiger partial charge in [-0.3, -0.25) is 14.8 Å². The Bertz CT molecular complexity index is 1520. The highest BCUT2D eigenvalue weighted by atomic mass is 16.3. The molecule has 0 aliphatic carbocycles. The summed E-state index contributed by atoms with van der Waals surface area (Å²) in [4.78, 5) is 35.4. The highest BCUT2D eigenvalue weighted by molar-refractivity contribution is 6.00. The third-order valence-corrected chi connectivity index (χ3v) is 6.20. The van der Waals surface area contributed by atoms with Crippen LogP contribution in [0.3, 0.4) is 0 Å². The van der Waals surface area contributed by atoms with Crippen LogP contribution in [-0.2, 0) is 6.42 Å². The number of hydrogen-bond acceptors (Lipinski definition) is 4. The van der Waals surface area contributed by atoms with E-state index in [0.29, 0.717) is 24.4 Å². The summed E-state index contributed by atoms with van der Waals surface area (Å²) in [5.74, 6) is -0.408. The normalized spacial score (nSPS) is 12.0. The zero-order chi connectivity index (χ0) is 23.9. The van der Waals surface area contributed by atoms with Crippen LogP contribution in [0.25, 0.3) is 16.6 Å². The van der Waals surface area contributed by atoms with Gasteiger partial charge in [-0.2, -0.15) is 0 Å². The molecule has 0 atom stereocenters. The Labute approximate surface area is 191 Å². The van der Waals surface area contributed by atoms with Crippen LogP contribution in [0.5, 0.6) is 5.88 Å². The number of nitrogens with zero attached hydrogens (tertiary/aromatic N) is 2. The molecule has 0 spiro atoms. The van der Waals surface area contributed by atoms with Crippen molar-refractivity contribution >= 4 is 16.6 Å². The van der Waals surface area contributed by atoms with Gasteiger partial charge < -0.3 is 10.1 Å². The average Bonchev–Trinajstić information content (AvgIpc) is 3.09. The molecule has 0 saturated heterocycles. The molecule has 0 saturated carbocycles. The first-order chi connectivity index (χ1) is 15.7. The van der Waals surface area contributed by atoms with Gasteiger partial charge in [0.05, 0.1) is 5.69 Å². The van der Waals surface area contributed by atoms with E-state index < -0.39 is 17.1 Å². The number of aromatic amines is 2. The minimum atomic E-state index is -0.691. The maximum Gasteiger partial charge on any atom is 0.335 e. The number of hydrogen-bond donors (Lipinski definition) is 3. The molecule has 2 heterocycles. The maximum absolute atomic E-state index is 12.6. The van der Waals surface area contributed by atoms with Gasteiger partial charge in [-0.25, -0.2) is 9.36 Å². The molecule has 0 bridgehead atoms. The molecule has 0 fully saturated rings. The lowest BCUT2D eigenvalue weighted by molar-refractivity contribution is 0.429. The van der Waals surface area contributed by atoms with Crippen LogP contribution < -0.4 is 11.2 Å². The van der Waals surface area contributed by atoms with E-state index >= 15 is 0 Å². The Hall–Kier alpha value is -3.87.